The molecule has 0 bridgehead atoms. The fourth-order valence-electron chi connectivity index (χ4n) is 1.61. The maximum Gasteiger partial charge on any atom is 0.0559 e. The minimum Gasteiger partial charge on any atom is -0.311 e. The Balaban J connectivity index is 1.66. The van der Waals surface area contributed by atoms with Crippen LogP contribution in [0.5, 0.6) is 0 Å². The highest BCUT2D eigenvalue weighted by Crippen LogP contribution is 1.90. The molecule has 2 heterocycles. The van der Waals surface area contributed by atoms with E-state index in [0.717, 1.165) is 19.6 Å². The third-order valence-electron chi connectivity index (χ3n) is 2.41. The van der Waals surface area contributed by atoms with Crippen molar-refractivity contribution in [2.24, 2.45) is 0 Å². The fourth-order valence-corrected chi connectivity index (χ4v) is 1.61. The Morgan fingerprint density at radius 2 is 1.81 bits per heavy atom. The molecule has 86 valence electrons. The predicted molar refractivity (Wildman–Crippen MR) is 61.9 cm³/mol. The Morgan fingerprint density at radius 3 is 2.44 bits per heavy atom. The second-order valence-electron chi connectivity index (χ2n) is 3.85. The first kappa shape index (κ1) is 10.9. The molecule has 0 spiro atoms. The van der Waals surface area contributed by atoms with Crippen LogP contribution in [0, 0.1) is 0 Å². The van der Waals surface area contributed by atoms with Gasteiger partial charge < -0.3 is 5.32 Å². The first-order chi connectivity index (χ1) is 7.84. The van der Waals surface area contributed by atoms with E-state index in [0.29, 0.717) is 6.04 Å². The Labute approximate surface area is 95.1 Å². The molecule has 5 heteroatoms. The van der Waals surface area contributed by atoms with E-state index in [2.05, 4.69) is 22.4 Å². The summed E-state index contributed by atoms with van der Waals surface area (Å²) in [5, 5.41) is 11.8. The first-order valence-electron chi connectivity index (χ1n) is 5.53. The molecular formula is C11H17N5. The van der Waals surface area contributed by atoms with E-state index in [1.165, 1.54) is 0 Å². The Bertz CT molecular complexity index is 378. The first-order valence-corrected chi connectivity index (χ1v) is 5.53. The van der Waals surface area contributed by atoms with Gasteiger partial charge in [-0.25, -0.2) is 0 Å². The minimum absolute atomic E-state index is 0.412. The average Bonchev–Trinajstić information content (AvgIpc) is 2.90. The standard InChI is InChI=1S/C11H17N5/c1-11(10-16-8-3-5-14-16)12-6-9-15-7-2-4-13-15/h2-5,7-8,11-12H,6,9-10H2,1H3. The summed E-state index contributed by atoms with van der Waals surface area (Å²) in [6.07, 6.45) is 7.55. The summed E-state index contributed by atoms with van der Waals surface area (Å²) in [4.78, 5) is 0. The molecule has 5 nitrogen and oxygen atoms in total. The van der Waals surface area contributed by atoms with Crippen molar-refractivity contribution >= 4 is 0 Å². The number of aromatic nitrogens is 4. The lowest BCUT2D eigenvalue weighted by Gasteiger charge is -2.13. The zero-order valence-electron chi connectivity index (χ0n) is 9.45. The van der Waals surface area contributed by atoms with Crippen molar-refractivity contribution in [2.75, 3.05) is 6.54 Å². The third kappa shape index (κ3) is 3.20. The van der Waals surface area contributed by atoms with Gasteiger partial charge in [0.25, 0.3) is 0 Å². The van der Waals surface area contributed by atoms with Crippen LogP contribution in [0.1, 0.15) is 6.92 Å². The van der Waals surface area contributed by atoms with Crippen molar-refractivity contribution in [2.45, 2.75) is 26.1 Å². The molecule has 0 fully saturated rings. The van der Waals surface area contributed by atoms with Gasteiger partial charge in [0.2, 0.25) is 0 Å². The number of nitrogens with one attached hydrogen (secondary N) is 1. The average molecular weight is 219 g/mol. The normalized spacial score (nSPS) is 12.8. The van der Waals surface area contributed by atoms with E-state index >= 15 is 0 Å². The highest BCUT2D eigenvalue weighted by atomic mass is 15.3. The van der Waals surface area contributed by atoms with E-state index in [1.807, 2.05) is 33.9 Å². The summed E-state index contributed by atoms with van der Waals surface area (Å²) in [6, 6.07) is 4.29. The van der Waals surface area contributed by atoms with Gasteiger partial charge in [-0.15, -0.1) is 0 Å². The molecule has 0 aromatic carbocycles. The van der Waals surface area contributed by atoms with Crippen LogP contribution in [-0.4, -0.2) is 32.1 Å². The van der Waals surface area contributed by atoms with Crippen LogP contribution in [0.3, 0.4) is 0 Å². The van der Waals surface area contributed by atoms with Crippen molar-refractivity contribution in [3.8, 4) is 0 Å². The van der Waals surface area contributed by atoms with E-state index in [4.69, 9.17) is 0 Å². The monoisotopic (exact) mass is 219 g/mol. The molecule has 2 rings (SSSR count). The van der Waals surface area contributed by atoms with E-state index in [9.17, 15) is 0 Å². The number of hydrogen-bond donors (Lipinski definition) is 1. The van der Waals surface area contributed by atoms with Crippen molar-refractivity contribution in [3.05, 3.63) is 36.9 Å². The lowest BCUT2D eigenvalue weighted by molar-refractivity contribution is 0.432. The number of rotatable bonds is 6. The van der Waals surface area contributed by atoms with Gasteiger partial charge >= 0.3 is 0 Å². The zero-order valence-corrected chi connectivity index (χ0v) is 9.45. The van der Waals surface area contributed by atoms with Gasteiger partial charge in [-0.1, -0.05) is 0 Å². The summed E-state index contributed by atoms with van der Waals surface area (Å²) < 4.78 is 3.86. The lowest BCUT2D eigenvalue weighted by atomic mass is 10.3. The van der Waals surface area contributed by atoms with Gasteiger partial charge in [0.05, 0.1) is 13.1 Å². The van der Waals surface area contributed by atoms with Crippen molar-refractivity contribution in [1.29, 1.82) is 0 Å². The van der Waals surface area contributed by atoms with E-state index < -0.39 is 0 Å². The molecule has 0 aliphatic heterocycles. The summed E-state index contributed by atoms with van der Waals surface area (Å²) in [6.45, 7) is 4.87. The lowest BCUT2D eigenvalue weighted by Crippen LogP contribution is -2.33. The van der Waals surface area contributed by atoms with Crippen LogP contribution in [0.25, 0.3) is 0 Å². The maximum absolute atomic E-state index is 4.17. The third-order valence-corrected chi connectivity index (χ3v) is 2.41. The van der Waals surface area contributed by atoms with Gasteiger partial charge in [0.15, 0.2) is 0 Å². The highest BCUT2D eigenvalue weighted by Gasteiger charge is 2.01. The molecule has 0 saturated carbocycles. The fraction of sp³-hybridized carbons (Fsp3) is 0.455. The second-order valence-corrected chi connectivity index (χ2v) is 3.85. The Hall–Kier alpha value is -1.62. The number of hydrogen-bond acceptors (Lipinski definition) is 3. The van der Waals surface area contributed by atoms with Gasteiger partial charge in [0, 0.05) is 37.4 Å². The van der Waals surface area contributed by atoms with Gasteiger partial charge in [-0.05, 0) is 19.1 Å². The van der Waals surface area contributed by atoms with Gasteiger partial charge in [0.1, 0.15) is 0 Å². The molecule has 0 aliphatic carbocycles. The van der Waals surface area contributed by atoms with E-state index in [1.54, 1.807) is 12.4 Å². The SMILES string of the molecule is CC(Cn1cccn1)NCCn1cccn1. The van der Waals surface area contributed by atoms with Crippen LogP contribution < -0.4 is 5.32 Å². The van der Waals surface area contributed by atoms with Gasteiger partial charge in [-0.3, -0.25) is 9.36 Å². The van der Waals surface area contributed by atoms with Crippen molar-refractivity contribution in [3.63, 3.8) is 0 Å². The van der Waals surface area contributed by atoms with Crippen LogP contribution in [-0.2, 0) is 13.1 Å². The summed E-state index contributed by atoms with van der Waals surface area (Å²) in [5.41, 5.74) is 0. The minimum atomic E-state index is 0.412. The second kappa shape index (κ2) is 5.46. The predicted octanol–water partition coefficient (Wildman–Crippen LogP) is 0.758. The molecule has 1 unspecified atom stereocenters. The van der Waals surface area contributed by atoms with Crippen molar-refractivity contribution in [1.82, 2.24) is 24.9 Å². The van der Waals surface area contributed by atoms with Crippen LogP contribution >= 0.6 is 0 Å². The summed E-state index contributed by atoms with van der Waals surface area (Å²) in [7, 11) is 0. The van der Waals surface area contributed by atoms with Crippen LogP contribution in [0.15, 0.2) is 36.9 Å². The molecule has 0 aliphatic rings. The smallest absolute Gasteiger partial charge is 0.0559 e. The molecule has 2 aromatic rings. The molecular weight excluding hydrogens is 202 g/mol. The molecule has 0 radical (unpaired) electrons. The van der Waals surface area contributed by atoms with Crippen molar-refractivity contribution < 1.29 is 0 Å². The Morgan fingerprint density at radius 1 is 1.12 bits per heavy atom. The summed E-state index contributed by atoms with van der Waals surface area (Å²) >= 11 is 0. The molecule has 0 saturated heterocycles. The summed E-state index contributed by atoms with van der Waals surface area (Å²) in [5.74, 6) is 0. The molecule has 1 atom stereocenters. The Kier molecular flexibility index (Phi) is 3.71. The topological polar surface area (TPSA) is 47.7 Å². The molecule has 16 heavy (non-hydrogen) atoms. The molecule has 2 aromatic heterocycles. The quantitative estimate of drug-likeness (QED) is 0.780. The molecule has 1 N–H and O–H groups in total. The molecule has 0 amide bonds. The number of nitrogens with zero attached hydrogens (tertiary/aromatic N) is 4. The zero-order chi connectivity index (χ0) is 11.2. The maximum atomic E-state index is 4.17. The van der Waals surface area contributed by atoms with Gasteiger partial charge in [-0.2, -0.15) is 10.2 Å². The van der Waals surface area contributed by atoms with Crippen LogP contribution in [0.2, 0.25) is 0 Å². The largest absolute Gasteiger partial charge is 0.311 e. The van der Waals surface area contributed by atoms with Crippen LogP contribution in [0.4, 0.5) is 0 Å². The highest BCUT2D eigenvalue weighted by molar-refractivity contribution is 4.79. The van der Waals surface area contributed by atoms with E-state index in [-0.39, 0.29) is 0 Å².